The lowest BCUT2D eigenvalue weighted by molar-refractivity contribution is -0.154. The van der Waals surface area contributed by atoms with Crippen molar-refractivity contribution < 1.29 is 43.8 Å². The molecule has 0 aliphatic carbocycles. The molecule has 1 saturated heterocycles. The molecule has 0 radical (unpaired) electrons. The van der Waals surface area contributed by atoms with Gasteiger partial charge in [-0.1, -0.05) is 76.8 Å². The van der Waals surface area contributed by atoms with E-state index in [1.807, 2.05) is 6.92 Å². The second-order valence-corrected chi connectivity index (χ2v) is 14.0. The smallest absolute Gasteiger partial charge is 0.254 e. The Morgan fingerprint density at radius 2 is 1.44 bits per heavy atom. The van der Waals surface area contributed by atoms with Crippen molar-refractivity contribution in [1.29, 1.82) is 0 Å². The molecule has 54 heavy (non-hydrogen) atoms. The third-order valence-electron chi connectivity index (χ3n) is 9.11. The van der Waals surface area contributed by atoms with Gasteiger partial charge >= 0.3 is 0 Å². The number of primary amides is 1. The lowest BCUT2D eigenvalue weighted by Gasteiger charge is -2.33. The molecule has 1 aromatic rings. The van der Waals surface area contributed by atoms with Gasteiger partial charge in [0.2, 0.25) is 35.4 Å². The lowest BCUT2D eigenvalue weighted by Crippen LogP contribution is -2.63. The number of aliphatic hydroxyl groups is 2. The summed E-state index contributed by atoms with van der Waals surface area (Å²) in [7, 11) is 0. The molecule has 7 amide bonds. The maximum atomic E-state index is 14.1. The predicted octanol–water partition coefficient (Wildman–Crippen LogP) is -1.52. The first-order valence-corrected chi connectivity index (χ1v) is 18.8. The molecule has 0 unspecified atom stereocenters. The molecule has 11 N–H and O–H groups in total. The van der Waals surface area contributed by atoms with Gasteiger partial charge in [-0.05, 0) is 43.7 Å². The van der Waals surface area contributed by atoms with E-state index in [1.54, 1.807) is 44.2 Å². The first-order chi connectivity index (χ1) is 25.8. The van der Waals surface area contributed by atoms with Crippen molar-refractivity contribution in [1.82, 2.24) is 31.5 Å². The summed E-state index contributed by atoms with van der Waals surface area (Å²) in [5.74, 6) is -5.95. The Labute approximate surface area is 317 Å². The second kappa shape index (κ2) is 24.1. The van der Waals surface area contributed by atoms with Gasteiger partial charge in [0.1, 0.15) is 30.2 Å². The molecule has 1 heterocycles. The number of imide groups is 1. The van der Waals surface area contributed by atoms with Crippen LogP contribution >= 0.6 is 0 Å². The fourth-order valence-electron chi connectivity index (χ4n) is 6.10. The minimum absolute atomic E-state index is 0.0741. The number of nitrogens with one attached hydrogen (secondary N) is 5. The summed E-state index contributed by atoms with van der Waals surface area (Å²) in [5.41, 5.74) is 12.0. The number of unbranched alkanes of at least 4 members (excludes halogenated alkanes) is 4. The van der Waals surface area contributed by atoms with Gasteiger partial charge in [0.25, 0.3) is 5.91 Å². The fraction of sp³-hybridized carbons (Fsp3) is 0.649. The molecule has 0 aromatic heterocycles. The predicted molar refractivity (Wildman–Crippen MR) is 200 cm³/mol. The Morgan fingerprint density at radius 3 is 2.00 bits per heavy atom. The molecule has 1 aliphatic rings. The van der Waals surface area contributed by atoms with Crippen LogP contribution in [0.3, 0.4) is 0 Å². The van der Waals surface area contributed by atoms with Crippen LogP contribution in [0.2, 0.25) is 0 Å². The third kappa shape index (κ3) is 14.8. The molecule has 17 nitrogen and oxygen atoms in total. The number of benzene rings is 1. The Balaban J connectivity index is 2.44. The average molecular weight is 761 g/mol. The Hall–Kier alpha value is -4.45. The molecular weight excluding hydrogens is 700 g/mol. The topological polar surface area (TPSA) is 275 Å². The zero-order valence-corrected chi connectivity index (χ0v) is 31.7. The number of carbonyl (C=O) groups is 7. The van der Waals surface area contributed by atoms with Crippen LogP contribution in [0, 0.1) is 5.92 Å². The highest BCUT2D eigenvalue weighted by Crippen LogP contribution is 2.14. The highest BCUT2D eigenvalue weighted by molar-refractivity contribution is 6.04. The molecule has 0 bridgehead atoms. The van der Waals surface area contributed by atoms with Gasteiger partial charge in [-0.25, -0.2) is 0 Å². The third-order valence-corrected chi connectivity index (χ3v) is 9.11. The molecular formula is C37H60N8O9. The van der Waals surface area contributed by atoms with Crippen molar-refractivity contribution in [3.63, 3.8) is 0 Å². The van der Waals surface area contributed by atoms with Gasteiger partial charge in [0.15, 0.2) is 0 Å². The average Bonchev–Trinajstić information content (AvgIpc) is 3.69. The van der Waals surface area contributed by atoms with Crippen molar-refractivity contribution in [3.8, 4) is 0 Å². The number of nitrogens with zero attached hydrogens (tertiary/aromatic N) is 1. The number of rotatable bonds is 24. The van der Waals surface area contributed by atoms with Crippen LogP contribution in [0.1, 0.15) is 84.1 Å². The van der Waals surface area contributed by atoms with Gasteiger partial charge in [-0.2, -0.15) is 0 Å². The number of nitrogens with two attached hydrogens (primary N) is 2. The zero-order chi connectivity index (χ0) is 40.2. The first kappa shape index (κ1) is 45.7. The van der Waals surface area contributed by atoms with Gasteiger partial charge in [-0.3, -0.25) is 38.5 Å². The van der Waals surface area contributed by atoms with E-state index in [1.165, 1.54) is 0 Å². The van der Waals surface area contributed by atoms with Gasteiger partial charge in [0, 0.05) is 19.4 Å². The monoisotopic (exact) mass is 760 g/mol. The summed E-state index contributed by atoms with van der Waals surface area (Å²) in [6.07, 6.45) is 5.07. The molecule has 17 heteroatoms. The van der Waals surface area contributed by atoms with Crippen LogP contribution in [0.4, 0.5) is 0 Å². The first-order valence-electron chi connectivity index (χ1n) is 18.8. The van der Waals surface area contributed by atoms with Crippen molar-refractivity contribution in [3.05, 3.63) is 35.9 Å². The Kier molecular flexibility index (Phi) is 20.4. The van der Waals surface area contributed by atoms with Crippen LogP contribution < -0.4 is 38.1 Å². The minimum atomic E-state index is -1.64. The van der Waals surface area contributed by atoms with Crippen molar-refractivity contribution in [2.24, 2.45) is 17.4 Å². The van der Waals surface area contributed by atoms with E-state index in [9.17, 15) is 43.8 Å². The van der Waals surface area contributed by atoms with Crippen LogP contribution in [0.15, 0.2) is 30.3 Å². The maximum Gasteiger partial charge on any atom is 0.254 e. The van der Waals surface area contributed by atoms with Crippen molar-refractivity contribution in [2.45, 2.75) is 121 Å². The van der Waals surface area contributed by atoms with E-state index < -0.39 is 97.4 Å². The quantitative estimate of drug-likeness (QED) is 0.0546. The summed E-state index contributed by atoms with van der Waals surface area (Å²) < 4.78 is 0. The fourth-order valence-corrected chi connectivity index (χ4v) is 6.10. The zero-order valence-electron chi connectivity index (χ0n) is 31.7. The second-order valence-electron chi connectivity index (χ2n) is 14.0. The van der Waals surface area contributed by atoms with Gasteiger partial charge < -0.3 is 48.3 Å². The van der Waals surface area contributed by atoms with E-state index >= 15 is 0 Å². The molecule has 1 aromatic carbocycles. The Morgan fingerprint density at radius 1 is 0.833 bits per heavy atom. The summed E-state index contributed by atoms with van der Waals surface area (Å²) in [5, 5.41) is 32.8. The minimum Gasteiger partial charge on any atom is -0.394 e. The lowest BCUT2D eigenvalue weighted by atomic mass is 10.0. The van der Waals surface area contributed by atoms with Crippen LogP contribution in [0.5, 0.6) is 0 Å². The normalized spacial score (nSPS) is 16.7. The Bertz CT molecular complexity index is 1390. The van der Waals surface area contributed by atoms with Crippen LogP contribution in [-0.4, -0.2) is 119 Å². The standard InChI is InChI=1S/C37H60N8O9/c1-4-5-6-7-11-16-31(48)45(37(54)29(22-47)44-33(50)25-15-12-17-40-25)30(20-38)36(53)42-27(19-24-13-9-8-10-14-24)35(52)41-26(18-23(2)3)34(51)43-28(21-46)32(39)49/h8-10,13-14,23,25-30,40,46-47H,4-7,11-12,15-22,38H2,1-3H3,(H2,39,49)(H,41,52)(H,42,53)(H,43,51)(H,44,50)/t25-,26-,27-,28-,29-,30-/m0/s1. The maximum absolute atomic E-state index is 14.1. The molecule has 2 rings (SSSR count). The number of carbonyl (C=O) groups excluding carboxylic acids is 7. The van der Waals surface area contributed by atoms with E-state index in [0.717, 1.165) is 25.7 Å². The molecule has 0 saturated carbocycles. The molecule has 6 atom stereocenters. The van der Waals surface area contributed by atoms with Crippen LogP contribution in [0.25, 0.3) is 0 Å². The highest BCUT2D eigenvalue weighted by atomic mass is 16.3. The van der Waals surface area contributed by atoms with Gasteiger partial charge in [-0.15, -0.1) is 0 Å². The number of hydrogen-bond donors (Lipinski definition) is 9. The van der Waals surface area contributed by atoms with Crippen LogP contribution in [-0.2, 0) is 40.0 Å². The molecule has 1 fully saturated rings. The van der Waals surface area contributed by atoms with E-state index in [0.29, 0.717) is 36.3 Å². The SMILES string of the molecule is CCCCCCCC(=O)N(C(=O)[C@H](CO)NC(=O)[C@@H]1CCCN1)[C@@H](CN)C(=O)N[C@@H](Cc1ccccc1)C(=O)N[C@@H](CC(C)C)C(=O)N[C@@H](CO)C(N)=O. The van der Waals surface area contributed by atoms with E-state index in [4.69, 9.17) is 11.5 Å². The molecule has 302 valence electrons. The molecule has 0 spiro atoms. The van der Waals surface area contributed by atoms with E-state index in [-0.39, 0.29) is 25.2 Å². The van der Waals surface area contributed by atoms with E-state index in [2.05, 4.69) is 26.6 Å². The van der Waals surface area contributed by atoms with Crippen molar-refractivity contribution in [2.75, 3.05) is 26.3 Å². The van der Waals surface area contributed by atoms with Gasteiger partial charge in [0.05, 0.1) is 19.3 Å². The summed E-state index contributed by atoms with van der Waals surface area (Å²) in [4.78, 5) is 94.3. The largest absolute Gasteiger partial charge is 0.394 e. The number of amides is 7. The number of hydrogen-bond acceptors (Lipinski definition) is 11. The highest BCUT2D eigenvalue weighted by Gasteiger charge is 2.40. The van der Waals surface area contributed by atoms with Crippen molar-refractivity contribution >= 4 is 41.4 Å². The molecule has 1 aliphatic heterocycles. The number of aliphatic hydroxyl groups excluding tert-OH is 2. The summed E-state index contributed by atoms with van der Waals surface area (Å²) >= 11 is 0. The summed E-state index contributed by atoms with van der Waals surface area (Å²) in [6, 6.07) is 0.898. The summed E-state index contributed by atoms with van der Waals surface area (Å²) in [6.45, 7) is 4.08.